The zero-order valence-corrected chi connectivity index (χ0v) is 18.4. The summed E-state index contributed by atoms with van der Waals surface area (Å²) in [6.45, 7) is 2.94. The molecule has 2 aromatic carbocycles. The van der Waals surface area contributed by atoms with E-state index in [2.05, 4.69) is 31.6 Å². The van der Waals surface area contributed by atoms with Crippen LogP contribution in [-0.4, -0.2) is 31.6 Å². The van der Waals surface area contributed by atoms with Crippen molar-refractivity contribution < 1.29 is 14.0 Å². The molecule has 5 aromatic rings. The number of aromatic nitrogens is 5. The molecule has 1 aliphatic rings. The lowest BCUT2D eigenvalue weighted by atomic mass is 10.1. The first kappa shape index (κ1) is 19.6. The van der Waals surface area contributed by atoms with E-state index in [1.165, 1.54) is 0 Å². The molecule has 0 saturated carbocycles. The second-order valence-corrected chi connectivity index (χ2v) is 8.11. The molecule has 1 N–H and O–H groups in total. The number of ether oxygens (including phenoxy) is 2. The molecule has 0 bridgehead atoms. The van der Waals surface area contributed by atoms with Crippen LogP contribution < -0.4 is 4.74 Å². The fourth-order valence-corrected chi connectivity index (χ4v) is 4.31. The molecule has 8 nitrogen and oxygen atoms in total. The number of benzene rings is 2. The predicted molar refractivity (Wildman–Crippen MR) is 122 cm³/mol. The smallest absolute Gasteiger partial charge is 0.134 e. The molecule has 8 heteroatoms. The maximum Gasteiger partial charge on any atom is 0.134 e. The minimum atomic E-state index is 0.493. The molecule has 3 aromatic heterocycles. The predicted octanol–water partition coefficient (Wildman–Crippen LogP) is 4.58. The van der Waals surface area contributed by atoms with Gasteiger partial charge in [-0.15, -0.1) is 0 Å². The Bertz CT molecular complexity index is 1420. The van der Waals surface area contributed by atoms with Crippen LogP contribution in [0, 0.1) is 6.92 Å². The van der Waals surface area contributed by atoms with Crippen LogP contribution >= 0.6 is 0 Å². The van der Waals surface area contributed by atoms with Crippen LogP contribution in [0.3, 0.4) is 0 Å². The van der Waals surface area contributed by atoms with Gasteiger partial charge in [0.1, 0.15) is 29.2 Å². The number of hydrogen-bond donors (Lipinski definition) is 1. The molecule has 6 rings (SSSR count). The molecule has 0 atom stereocenters. The van der Waals surface area contributed by atoms with Gasteiger partial charge in [-0.2, -0.15) is 0 Å². The largest absolute Gasteiger partial charge is 0.497 e. The van der Waals surface area contributed by atoms with E-state index in [9.17, 15) is 0 Å². The number of aromatic amines is 1. The van der Waals surface area contributed by atoms with Gasteiger partial charge in [0.05, 0.1) is 48.8 Å². The molecular formula is C25H23N5O3. The van der Waals surface area contributed by atoms with Crippen LogP contribution in [0.25, 0.3) is 22.8 Å². The molecule has 0 saturated heterocycles. The van der Waals surface area contributed by atoms with Crippen LogP contribution in [0.15, 0.2) is 65.4 Å². The number of methoxy groups -OCH3 is 1. The Labute approximate surface area is 190 Å². The summed E-state index contributed by atoms with van der Waals surface area (Å²) < 4.78 is 21.0. The molecule has 166 valence electrons. The van der Waals surface area contributed by atoms with Gasteiger partial charge in [0.2, 0.25) is 0 Å². The summed E-state index contributed by atoms with van der Waals surface area (Å²) in [5, 5.41) is 7.67. The monoisotopic (exact) mass is 441 g/mol. The Morgan fingerprint density at radius 2 is 1.91 bits per heavy atom. The van der Waals surface area contributed by atoms with Crippen molar-refractivity contribution in [3.63, 3.8) is 0 Å². The zero-order chi connectivity index (χ0) is 22.4. The van der Waals surface area contributed by atoms with E-state index >= 15 is 0 Å². The van der Waals surface area contributed by atoms with Crippen molar-refractivity contribution in [1.29, 1.82) is 0 Å². The lowest BCUT2D eigenvalue weighted by Gasteiger charge is -2.23. The average molecular weight is 441 g/mol. The third kappa shape index (κ3) is 3.35. The maximum atomic E-state index is 6.01. The quantitative estimate of drug-likeness (QED) is 0.409. The molecule has 0 radical (unpaired) electrons. The number of fused-ring (bicyclic) bond motifs is 5. The number of imidazole rings is 1. The summed E-state index contributed by atoms with van der Waals surface area (Å²) in [6.07, 6.45) is 2.52. The first-order chi connectivity index (χ1) is 16.2. The highest BCUT2D eigenvalue weighted by molar-refractivity contribution is 5.65. The minimum absolute atomic E-state index is 0.493. The normalized spacial score (nSPS) is 12.2. The summed E-state index contributed by atoms with van der Waals surface area (Å²) in [7, 11) is 1.68. The number of hydrogen-bond acceptors (Lipinski definition) is 5. The van der Waals surface area contributed by atoms with Crippen molar-refractivity contribution in [3.8, 4) is 28.5 Å². The standard InChI is InChI=1S/C25H23N5O3/c1-16-10-19(28-33-16)25-24-12-22-20(14-32-13-17-6-4-3-5-7-17)27-30(22)23-11-18(31-2)8-9-21(23)29(24)15-26-25/h3-11,15,27H,12-14H2,1-2H3. The summed E-state index contributed by atoms with van der Waals surface area (Å²) in [5.41, 5.74) is 7.95. The molecule has 4 heterocycles. The SMILES string of the molecule is COc1ccc2c(c1)-n1[nH]c(COCc3ccccc3)c1Cc1c(-c3cc(C)on3)ncn1-2. The molecule has 0 fully saturated rings. The van der Waals surface area contributed by atoms with Crippen molar-refractivity contribution in [2.75, 3.05) is 7.11 Å². The van der Waals surface area contributed by atoms with Gasteiger partial charge in [-0.25, -0.2) is 4.98 Å². The Balaban J connectivity index is 1.39. The van der Waals surface area contributed by atoms with Crippen molar-refractivity contribution in [3.05, 3.63) is 89.3 Å². The minimum Gasteiger partial charge on any atom is -0.497 e. The Kier molecular flexibility index (Phi) is 4.66. The van der Waals surface area contributed by atoms with E-state index in [1.54, 1.807) is 7.11 Å². The van der Waals surface area contributed by atoms with Gasteiger partial charge in [-0.05, 0) is 24.6 Å². The van der Waals surface area contributed by atoms with Gasteiger partial charge in [0.15, 0.2) is 0 Å². The fraction of sp³-hybridized carbons (Fsp3) is 0.200. The van der Waals surface area contributed by atoms with Crippen LogP contribution in [0.1, 0.15) is 28.4 Å². The molecule has 33 heavy (non-hydrogen) atoms. The van der Waals surface area contributed by atoms with Crippen LogP contribution in [0.4, 0.5) is 0 Å². The average Bonchev–Trinajstić information content (AvgIpc) is 3.43. The number of H-pyrrole nitrogens is 1. The van der Waals surface area contributed by atoms with Gasteiger partial charge in [-0.3, -0.25) is 14.3 Å². The van der Waals surface area contributed by atoms with Gasteiger partial charge in [-0.1, -0.05) is 35.5 Å². The number of nitrogens with one attached hydrogen (secondary N) is 1. The number of nitrogens with zero attached hydrogens (tertiary/aromatic N) is 4. The highest BCUT2D eigenvalue weighted by atomic mass is 16.5. The molecule has 0 aliphatic carbocycles. The van der Waals surface area contributed by atoms with E-state index in [0.717, 1.165) is 56.9 Å². The molecule has 0 spiro atoms. The molecule has 1 aliphatic heterocycles. The van der Waals surface area contributed by atoms with Gasteiger partial charge < -0.3 is 14.0 Å². The van der Waals surface area contributed by atoms with Gasteiger partial charge in [0, 0.05) is 18.6 Å². The molecule has 0 amide bonds. The maximum absolute atomic E-state index is 6.01. The van der Waals surface area contributed by atoms with E-state index in [0.29, 0.717) is 19.6 Å². The van der Waals surface area contributed by atoms with Crippen LogP contribution in [-0.2, 0) is 24.4 Å². The van der Waals surface area contributed by atoms with Crippen molar-refractivity contribution >= 4 is 0 Å². The van der Waals surface area contributed by atoms with E-state index in [-0.39, 0.29) is 0 Å². The lowest BCUT2D eigenvalue weighted by Crippen LogP contribution is -2.20. The Hall–Kier alpha value is -4.04. The summed E-state index contributed by atoms with van der Waals surface area (Å²) in [6, 6.07) is 18.1. The summed E-state index contributed by atoms with van der Waals surface area (Å²) in [4.78, 5) is 4.69. The highest BCUT2D eigenvalue weighted by Crippen LogP contribution is 2.36. The van der Waals surface area contributed by atoms with E-state index < -0.39 is 0 Å². The zero-order valence-electron chi connectivity index (χ0n) is 18.4. The molecular weight excluding hydrogens is 418 g/mol. The molecule has 0 unspecified atom stereocenters. The van der Waals surface area contributed by atoms with E-state index in [4.69, 9.17) is 19.0 Å². The Morgan fingerprint density at radius 3 is 2.70 bits per heavy atom. The second kappa shape index (κ2) is 7.83. The van der Waals surface area contributed by atoms with Crippen molar-refractivity contribution in [1.82, 2.24) is 24.5 Å². The topological polar surface area (TPSA) is 83.0 Å². The second-order valence-electron chi connectivity index (χ2n) is 8.11. The van der Waals surface area contributed by atoms with Crippen molar-refractivity contribution in [2.45, 2.75) is 26.6 Å². The summed E-state index contributed by atoms with van der Waals surface area (Å²) in [5.74, 6) is 1.55. The number of rotatable bonds is 6. The Morgan fingerprint density at radius 1 is 1.03 bits per heavy atom. The van der Waals surface area contributed by atoms with Crippen LogP contribution in [0.2, 0.25) is 0 Å². The first-order valence-corrected chi connectivity index (χ1v) is 10.8. The lowest BCUT2D eigenvalue weighted by molar-refractivity contribution is 0.100. The fourth-order valence-electron chi connectivity index (χ4n) is 4.31. The highest BCUT2D eigenvalue weighted by Gasteiger charge is 2.28. The van der Waals surface area contributed by atoms with E-state index in [1.807, 2.05) is 55.7 Å². The third-order valence-corrected chi connectivity index (χ3v) is 5.98. The summed E-state index contributed by atoms with van der Waals surface area (Å²) >= 11 is 0. The first-order valence-electron chi connectivity index (χ1n) is 10.8. The van der Waals surface area contributed by atoms with Gasteiger partial charge >= 0.3 is 0 Å². The third-order valence-electron chi connectivity index (χ3n) is 5.98. The van der Waals surface area contributed by atoms with Crippen LogP contribution in [0.5, 0.6) is 5.75 Å². The van der Waals surface area contributed by atoms with Gasteiger partial charge in [0.25, 0.3) is 0 Å². The van der Waals surface area contributed by atoms with Crippen molar-refractivity contribution in [2.24, 2.45) is 0 Å². The number of aryl methyl sites for hydroxylation is 1.